The Balaban J connectivity index is 1.87. The van der Waals surface area contributed by atoms with Gasteiger partial charge in [-0.05, 0) is 51.3 Å². The monoisotopic (exact) mass is 387 g/mol. The Bertz CT molecular complexity index is 1010. The third-order valence-corrected chi connectivity index (χ3v) is 4.71. The van der Waals surface area contributed by atoms with Crippen molar-refractivity contribution in [3.05, 3.63) is 34.2 Å². The molecule has 1 saturated heterocycles. The highest BCUT2D eigenvalue weighted by Gasteiger charge is 2.31. The van der Waals surface area contributed by atoms with Gasteiger partial charge in [-0.15, -0.1) is 0 Å². The van der Waals surface area contributed by atoms with Crippen LogP contribution in [-0.4, -0.2) is 32.5 Å². The number of carbonyl (C=O) groups excluding carboxylic acids is 3. The molecule has 1 aliphatic rings. The van der Waals surface area contributed by atoms with E-state index in [-0.39, 0.29) is 30.4 Å². The summed E-state index contributed by atoms with van der Waals surface area (Å²) in [6, 6.07) is 4.77. The van der Waals surface area contributed by atoms with Crippen molar-refractivity contribution in [3.8, 4) is 0 Å². The zero-order valence-electron chi connectivity index (χ0n) is 16.6. The van der Waals surface area contributed by atoms with Crippen molar-refractivity contribution in [2.24, 2.45) is 7.05 Å². The van der Waals surface area contributed by atoms with E-state index in [1.807, 2.05) is 32.9 Å². The van der Waals surface area contributed by atoms with Crippen LogP contribution in [0.2, 0.25) is 0 Å². The van der Waals surface area contributed by atoms with Crippen LogP contribution >= 0.6 is 0 Å². The van der Waals surface area contributed by atoms with Crippen LogP contribution in [0.15, 0.2) is 23.0 Å². The Morgan fingerprint density at radius 2 is 1.93 bits per heavy atom. The first-order valence-electron chi connectivity index (χ1n) is 9.32. The molecule has 8 nitrogen and oxygen atoms in total. The Morgan fingerprint density at radius 1 is 1.21 bits per heavy atom. The maximum absolute atomic E-state index is 12.7. The average Bonchev–Trinajstić information content (AvgIpc) is 2.83. The van der Waals surface area contributed by atoms with Crippen LogP contribution in [0.25, 0.3) is 11.0 Å². The molecule has 2 aromatic rings. The molecule has 0 aliphatic carbocycles. The maximum Gasteiger partial charge on any atom is 0.329 e. The van der Waals surface area contributed by atoms with Gasteiger partial charge in [-0.2, -0.15) is 0 Å². The van der Waals surface area contributed by atoms with E-state index in [1.165, 1.54) is 9.13 Å². The van der Waals surface area contributed by atoms with Gasteiger partial charge in [0.15, 0.2) is 0 Å². The number of fused-ring (bicyclic) bond motifs is 1. The predicted octanol–water partition coefficient (Wildman–Crippen LogP) is 1.59. The van der Waals surface area contributed by atoms with Crippen LogP contribution < -0.4 is 11.0 Å². The molecule has 8 heteroatoms. The standard InChI is InChI=1S/C20H25N3O5/c1-20(2,3)28-17(25)10-6-12-5-7-13-15(11-12)22(4)19(27)23(13)14-8-9-16(24)21-18(14)26/h5,7,11,14H,6,8-10H2,1-4H3,(H,21,24,26). The molecule has 150 valence electrons. The topological polar surface area (TPSA) is 99.4 Å². The lowest BCUT2D eigenvalue weighted by atomic mass is 10.1. The van der Waals surface area contributed by atoms with Crippen molar-refractivity contribution in [1.29, 1.82) is 0 Å². The molecule has 2 amide bonds. The van der Waals surface area contributed by atoms with Gasteiger partial charge in [-0.1, -0.05) is 6.07 Å². The first kappa shape index (κ1) is 19.9. The van der Waals surface area contributed by atoms with Crippen molar-refractivity contribution >= 4 is 28.8 Å². The van der Waals surface area contributed by atoms with E-state index in [4.69, 9.17) is 4.74 Å². The summed E-state index contributed by atoms with van der Waals surface area (Å²) < 4.78 is 8.24. The zero-order valence-corrected chi connectivity index (χ0v) is 16.6. The van der Waals surface area contributed by atoms with Gasteiger partial charge in [0, 0.05) is 19.9 Å². The van der Waals surface area contributed by atoms with Crippen molar-refractivity contribution in [2.45, 2.75) is 58.1 Å². The summed E-state index contributed by atoms with van der Waals surface area (Å²) in [5, 5.41) is 2.29. The van der Waals surface area contributed by atoms with E-state index in [1.54, 1.807) is 13.1 Å². The second-order valence-corrected chi connectivity index (χ2v) is 8.09. The highest BCUT2D eigenvalue weighted by atomic mass is 16.6. The summed E-state index contributed by atoms with van der Waals surface area (Å²) in [5.74, 6) is -1.05. The summed E-state index contributed by atoms with van der Waals surface area (Å²) in [7, 11) is 1.64. The molecular formula is C20H25N3O5. The van der Waals surface area contributed by atoms with E-state index in [0.29, 0.717) is 23.9 Å². The summed E-state index contributed by atoms with van der Waals surface area (Å²) in [6.07, 6.45) is 1.23. The lowest BCUT2D eigenvalue weighted by Gasteiger charge is -2.22. The van der Waals surface area contributed by atoms with Gasteiger partial charge < -0.3 is 4.74 Å². The fourth-order valence-electron chi connectivity index (χ4n) is 3.43. The van der Waals surface area contributed by atoms with Gasteiger partial charge in [0.1, 0.15) is 11.6 Å². The summed E-state index contributed by atoms with van der Waals surface area (Å²) in [4.78, 5) is 48.3. The average molecular weight is 387 g/mol. The summed E-state index contributed by atoms with van der Waals surface area (Å²) >= 11 is 0. The Hall–Kier alpha value is -2.90. The molecule has 2 heterocycles. The molecule has 0 radical (unpaired) electrons. The van der Waals surface area contributed by atoms with Gasteiger partial charge in [0.25, 0.3) is 0 Å². The van der Waals surface area contributed by atoms with Crippen molar-refractivity contribution in [1.82, 2.24) is 14.5 Å². The molecule has 1 fully saturated rings. The molecule has 0 saturated carbocycles. The normalized spacial score (nSPS) is 17.6. The van der Waals surface area contributed by atoms with Gasteiger partial charge in [0.05, 0.1) is 11.0 Å². The third kappa shape index (κ3) is 4.00. The fourth-order valence-corrected chi connectivity index (χ4v) is 3.43. The minimum atomic E-state index is -0.707. The number of aryl methyl sites for hydroxylation is 2. The lowest BCUT2D eigenvalue weighted by molar-refractivity contribution is -0.154. The first-order chi connectivity index (χ1) is 13.1. The number of nitrogens with one attached hydrogen (secondary N) is 1. The van der Waals surface area contributed by atoms with E-state index < -0.39 is 17.6 Å². The van der Waals surface area contributed by atoms with Crippen molar-refractivity contribution in [2.75, 3.05) is 0 Å². The molecule has 3 rings (SSSR count). The van der Waals surface area contributed by atoms with Crippen LogP contribution in [0.5, 0.6) is 0 Å². The molecule has 1 atom stereocenters. The molecule has 1 N–H and O–H groups in total. The second kappa shape index (κ2) is 7.26. The number of ether oxygens (including phenoxy) is 1. The Kier molecular flexibility index (Phi) is 5.14. The number of hydrogen-bond donors (Lipinski definition) is 1. The number of benzene rings is 1. The molecular weight excluding hydrogens is 362 g/mol. The minimum absolute atomic E-state index is 0.202. The van der Waals surface area contributed by atoms with Crippen LogP contribution in [-0.2, 0) is 32.6 Å². The van der Waals surface area contributed by atoms with Crippen molar-refractivity contribution in [3.63, 3.8) is 0 Å². The van der Waals surface area contributed by atoms with Crippen LogP contribution in [0.1, 0.15) is 51.6 Å². The smallest absolute Gasteiger partial charge is 0.329 e. The summed E-state index contributed by atoms with van der Waals surface area (Å²) in [5.41, 5.74) is 1.37. The molecule has 1 unspecified atom stereocenters. The number of rotatable bonds is 4. The third-order valence-electron chi connectivity index (χ3n) is 4.71. The number of hydrogen-bond acceptors (Lipinski definition) is 5. The molecule has 1 aliphatic heterocycles. The number of imidazole rings is 1. The Labute approximate surface area is 162 Å². The van der Waals surface area contributed by atoms with Gasteiger partial charge in [-0.25, -0.2) is 4.79 Å². The van der Waals surface area contributed by atoms with E-state index >= 15 is 0 Å². The van der Waals surface area contributed by atoms with E-state index in [9.17, 15) is 19.2 Å². The number of nitrogens with zero attached hydrogens (tertiary/aromatic N) is 2. The molecule has 28 heavy (non-hydrogen) atoms. The first-order valence-corrected chi connectivity index (χ1v) is 9.32. The second-order valence-electron chi connectivity index (χ2n) is 8.09. The number of aromatic nitrogens is 2. The number of piperidine rings is 1. The van der Waals surface area contributed by atoms with Crippen molar-refractivity contribution < 1.29 is 19.1 Å². The molecule has 1 aromatic carbocycles. The fraction of sp³-hybridized carbons (Fsp3) is 0.500. The number of esters is 1. The number of carbonyl (C=O) groups is 3. The highest BCUT2D eigenvalue weighted by molar-refractivity contribution is 6.00. The predicted molar refractivity (Wildman–Crippen MR) is 103 cm³/mol. The lowest BCUT2D eigenvalue weighted by Crippen LogP contribution is -2.44. The van der Waals surface area contributed by atoms with Crippen LogP contribution in [0, 0.1) is 0 Å². The molecule has 1 aromatic heterocycles. The maximum atomic E-state index is 12.7. The molecule has 0 spiro atoms. The minimum Gasteiger partial charge on any atom is -0.460 e. The quantitative estimate of drug-likeness (QED) is 0.634. The van der Waals surface area contributed by atoms with E-state index in [0.717, 1.165) is 5.56 Å². The Morgan fingerprint density at radius 3 is 2.57 bits per heavy atom. The van der Waals surface area contributed by atoms with Crippen LogP contribution in [0.4, 0.5) is 0 Å². The summed E-state index contributed by atoms with van der Waals surface area (Å²) in [6.45, 7) is 5.47. The van der Waals surface area contributed by atoms with E-state index in [2.05, 4.69) is 5.32 Å². The van der Waals surface area contributed by atoms with Gasteiger partial charge in [0.2, 0.25) is 11.8 Å². The molecule has 0 bridgehead atoms. The van der Waals surface area contributed by atoms with Gasteiger partial charge in [-0.3, -0.25) is 28.8 Å². The van der Waals surface area contributed by atoms with Crippen LogP contribution in [0.3, 0.4) is 0 Å². The highest BCUT2D eigenvalue weighted by Crippen LogP contribution is 2.24. The number of imide groups is 1. The largest absolute Gasteiger partial charge is 0.460 e. The number of amides is 2. The van der Waals surface area contributed by atoms with Gasteiger partial charge >= 0.3 is 11.7 Å². The zero-order chi connectivity index (χ0) is 20.6. The SMILES string of the molecule is Cn1c(=O)n(C2CCC(=O)NC2=O)c2ccc(CCC(=O)OC(C)(C)C)cc21.